The molecule has 0 aliphatic carbocycles. The molecule has 1 N–H and O–H groups in total. The van der Waals surface area contributed by atoms with Gasteiger partial charge in [0.15, 0.2) is 0 Å². The number of amides is 1. The second-order valence-corrected chi connectivity index (χ2v) is 6.42. The van der Waals surface area contributed by atoms with Crippen molar-refractivity contribution in [2.75, 3.05) is 19.0 Å². The summed E-state index contributed by atoms with van der Waals surface area (Å²) in [6, 6.07) is 8.65. The third-order valence-electron chi connectivity index (χ3n) is 4.06. The Hall–Kier alpha value is -2.57. The lowest BCUT2D eigenvalue weighted by molar-refractivity contribution is -0.137. The normalized spacial score (nSPS) is 12.5. The van der Waals surface area contributed by atoms with E-state index in [0.29, 0.717) is 12.1 Å². The second kappa shape index (κ2) is 8.21. The molecule has 1 unspecified atom stereocenters. The molecule has 0 bridgehead atoms. The molecule has 1 aromatic carbocycles. The first kappa shape index (κ1) is 19.8. The van der Waals surface area contributed by atoms with Gasteiger partial charge in [-0.15, -0.1) is 0 Å². The van der Waals surface area contributed by atoms with Gasteiger partial charge in [-0.25, -0.2) is 4.98 Å². The van der Waals surface area contributed by atoms with Gasteiger partial charge in [0, 0.05) is 33.3 Å². The van der Waals surface area contributed by atoms with Crippen LogP contribution in [-0.2, 0) is 17.5 Å². The number of nitrogens with zero attached hydrogens (tertiary/aromatic N) is 2. The van der Waals surface area contributed by atoms with Crippen LogP contribution in [0.3, 0.4) is 0 Å². The Kier molecular flexibility index (Phi) is 6.23. The summed E-state index contributed by atoms with van der Waals surface area (Å²) in [6.07, 6.45) is -2.46. The molecule has 1 aromatic heterocycles. The van der Waals surface area contributed by atoms with Crippen LogP contribution in [0.25, 0.3) is 0 Å². The molecule has 26 heavy (non-hydrogen) atoms. The molecule has 140 valence electrons. The van der Waals surface area contributed by atoms with Crippen LogP contribution in [0.5, 0.6) is 0 Å². The lowest BCUT2D eigenvalue weighted by atomic mass is 9.96. The molecule has 0 spiro atoms. The predicted molar refractivity (Wildman–Crippen MR) is 94.9 cm³/mol. The number of halogens is 3. The van der Waals surface area contributed by atoms with E-state index in [0.717, 1.165) is 23.5 Å². The lowest BCUT2D eigenvalue weighted by Crippen LogP contribution is -2.24. The fourth-order valence-corrected chi connectivity index (χ4v) is 2.48. The predicted octanol–water partition coefficient (Wildman–Crippen LogP) is 3.98. The van der Waals surface area contributed by atoms with Crippen molar-refractivity contribution < 1.29 is 18.0 Å². The lowest BCUT2D eigenvalue weighted by Gasteiger charge is -2.15. The van der Waals surface area contributed by atoms with Gasteiger partial charge < -0.3 is 10.2 Å². The van der Waals surface area contributed by atoms with Crippen molar-refractivity contribution in [1.29, 1.82) is 0 Å². The van der Waals surface area contributed by atoms with Crippen LogP contribution >= 0.6 is 0 Å². The Bertz CT molecular complexity index is 742. The number of carbonyl (C=O) groups excluding carboxylic acids is 1. The number of pyridine rings is 1. The van der Waals surface area contributed by atoms with E-state index >= 15 is 0 Å². The van der Waals surface area contributed by atoms with Crippen molar-refractivity contribution >= 4 is 11.7 Å². The molecule has 1 amide bonds. The minimum absolute atomic E-state index is 0.152. The zero-order chi connectivity index (χ0) is 19.3. The van der Waals surface area contributed by atoms with E-state index in [-0.39, 0.29) is 18.2 Å². The maximum Gasteiger partial charge on any atom is 0.416 e. The number of nitrogens with one attached hydrogen (secondary N) is 1. The first-order chi connectivity index (χ1) is 12.2. The van der Waals surface area contributed by atoms with Gasteiger partial charge in [0.05, 0.1) is 5.56 Å². The van der Waals surface area contributed by atoms with Crippen molar-refractivity contribution in [1.82, 2.24) is 10.3 Å². The second-order valence-electron chi connectivity index (χ2n) is 6.42. The van der Waals surface area contributed by atoms with Crippen molar-refractivity contribution in [3.8, 4) is 0 Å². The standard InChI is InChI=1S/C19H22F3N3O/c1-13(15-4-6-16(7-5-15)19(20,21)22)10-18(26)24-12-14-8-9-23-17(11-14)25(2)3/h4-9,11,13H,10,12H2,1-3H3,(H,24,26). The summed E-state index contributed by atoms with van der Waals surface area (Å²) < 4.78 is 37.8. The highest BCUT2D eigenvalue weighted by Crippen LogP contribution is 2.30. The Morgan fingerprint density at radius 3 is 2.42 bits per heavy atom. The Balaban J connectivity index is 1.90. The Morgan fingerprint density at radius 2 is 1.85 bits per heavy atom. The highest BCUT2D eigenvalue weighted by Gasteiger charge is 2.30. The maximum absolute atomic E-state index is 12.6. The highest BCUT2D eigenvalue weighted by atomic mass is 19.4. The van der Waals surface area contributed by atoms with Crippen LogP contribution < -0.4 is 10.2 Å². The molecule has 0 saturated heterocycles. The number of hydrogen-bond acceptors (Lipinski definition) is 3. The van der Waals surface area contributed by atoms with Gasteiger partial charge in [0.1, 0.15) is 5.82 Å². The summed E-state index contributed by atoms with van der Waals surface area (Å²) >= 11 is 0. The van der Waals surface area contributed by atoms with Crippen LogP contribution in [0.15, 0.2) is 42.6 Å². The molecule has 2 aromatic rings. The molecule has 0 saturated carbocycles. The number of rotatable bonds is 6. The molecule has 1 atom stereocenters. The van der Waals surface area contributed by atoms with E-state index < -0.39 is 11.7 Å². The minimum atomic E-state index is -4.35. The monoisotopic (exact) mass is 365 g/mol. The van der Waals surface area contributed by atoms with Crippen LogP contribution in [0, 0.1) is 0 Å². The fraction of sp³-hybridized carbons (Fsp3) is 0.368. The zero-order valence-corrected chi connectivity index (χ0v) is 15.0. The number of hydrogen-bond donors (Lipinski definition) is 1. The van der Waals surface area contributed by atoms with E-state index in [1.807, 2.05) is 38.1 Å². The molecule has 0 radical (unpaired) electrons. The van der Waals surface area contributed by atoms with Gasteiger partial charge in [-0.05, 0) is 41.3 Å². The van der Waals surface area contributed by atoms with Crippen molar-refractivity contribution in [2.45, 2.75) is 32.0 Å². The maximum atomic E-state index is 12.6. The third kappa shape index (κ3) is 5.47. The van der Waals surface area contributed by atoms with Gasteiger partial charge in [-0.1, -0.05) is 19.1 Å². The average Bonchev–Trinajstić information content (AvgIpc) is 2.59. The van der Waals surface area contributed by atoms with E-state index in [4.69, 9.17) is 0 Å². The first-order valence-electron chi connectivity index (χ1n) is 8.23. The summed E-state index contributed by atoms with van der Waals surface area (Å²) in [7, 11) is 3.77. The Labute approximate surface area is 151 Å². The van der Waals surface area contributed by atoms with Gasteiger partial charge >= 0.3 is 6.18 Å². The van der Waals surface area contributed by atoms with Crippen molar-refractivity contribution in [3.05, 3.63) is 59.3 Å². The summed E-state index contributed by atoms with van der Waals surface area (Å²) in [5, 5.41) is 2.84. The highest BCUT2D eigenvalue weighted by molar-refractivity contribution is 5.76. The largest absolute Gasteiger partial charge is 0.416 e. The minimum Gasteiger partial charge on any atom is -0.363 e. The van der Waals surface area contributed by atoms with E-state index in [9.17, 15) is 18.0 Å². The quantitative estimate of drug-likeness (QED) is 0.842. The van der Waals surface area contributed by atoms with Gasteiger partial charge in [0.25, 0.3) is 0 Å². The van der Waals surface area contributed by atoms with E-state index in [1.165, 1.54) is 12.1 Å². The zero-order valence-electron chi connectivity index (χ0n) is 15.0. The van der Waals surface area contributed by atoms with E-state index in [1.54, 1.807) is 6.20 Å². The molecule has 2 rings (SSSR count). The summed E-state index contributed by atoms with van der Waals surface area (Å²) in [5.41, 5.74) is 0.943. The number of anilines is 1. The molecule has 1 heterocycles. The summed E-state index contributed by atoms with van der Waals surface area (Å²) in [5.74, 6) is 0.475. The van der Waals surface area contributed by atoms with Crippen molar-refractivity contribution in [3.63, 3.8) is 0 Å². The first-order valence-corrected chi connectivity index (χ1v) is 8.23. The van der Waals surface area contributed by atoms with Gasteiger partial charge in [-0.2, -0.15) is 13.2 Å². The molecular weight excluding hydrogens is 343 g/mol. The molecule has 7 heteroatoms. The number of benzene rings is 1. The molecule has 0 fully saturated rings. The average molecular weight is 365 g/mol. The molecule has 0 aliphatic rings. The van der Waals surface area contributed by atoms with Gasteiger partial charge in [0.2, 0.25) is 5.91 Å². The third-order valence-corrected chi connectivity index (χ3v) is 4.06. The number of carbonyl (C=O) groups is 1. The summed E-state index contributed by atoms with van der Waals surface area (Å²) in [6.45, 7) is 2.20. The summed E-state index contributed by atoms with van der Waals surface area (Å²) in [4.78, 5) is 18.2. The van der Waals surface area contributed by atoms with Crippen molar-refractivity contribution in [2.24, 2.45) is 0 Å². The molecule has 4 nitrogen and oxygen atoms in total. The molecular formula is C19H22F3N3O. The van der Waals surface area contributed by atoms with Gasteiger partial charge in [-0.3, -0.25) is 4.79 Å². The smallest absolute Gasteiger partial charge is 0.363 e. The number of aromatic nitrogens is 1. The van der Waals surface area contributed by atoms with Crippen LogP contribution in [-0.4, -0.2) is 25.0 Å². The SMILES string of the molecule is CC(CC(=O)NCc1ccnc(N(C)C)c1)c1ccc(C(F)(F)F)cc1. The topological polar surface area (TPSA) is 45.2 Å². The van der Waals surface area contributed by atoms with E-state index in [2.05, 4.69) is 10.3 Å². The fourth-order valence-electron chi connectivity index (χ4n) is 2.48. The van der Waals surface area contributed by atoms with Crippen LogP contribution in [0.1, 0.15) is 36.0 Å². The molecule has 0 aliphatic heterocycles. The van der Waals surface area contributed by atoms with Crippen LogP contribution in [0.4, 0.5) is 19.0 Å². The number of alkyl halides is 3. The van der Waals surface area contributed by atoms with Crippen LogP contribution in [0.2, 0.25) is 0 Å². The Morgan fingerprint density at radius 1 is 1.19 bits per heavy atom.